The molecule has 0 bridgehead atoms. The molecule has 1 aromatic rings. The number of nitrogens with two attached hydrogens (primary N) is 1. The monoisotopic (exact) mass is 229 g/mol. The first kappa shape index (κ1) is 11.1. The summed E-state index contributed by atoms with van der Waals surface area (Å²) in [5, 5.41) is 18.5. The third-order valence-electron chi connectivity index (χ3n) is 3.20. The van der Waals surface area contributed by atoms with Crippen LogP contribution >= 0.6 is 0 Å². The highest BCUT2D eigenvalue weighted by Gasteiger charge is 2.36. The normalized spacial score (nSPS) is 18.9. The molecule has 0 aromatic heterocycles. The first-order valence-corrected chi connectivity index (χ1v) is 5.15. The van der Waals surface area contributed by atoms with Gasteiger partial charge in [0.05, 0.1) is 0 Å². The molecule has 2 rings (SSSR count). The fourth-order valence-electron chi connectivity index (χ4n) is 2.25. The zero-order chi connectivity index (χ0) is 11.9. The number of aromatic hydroxyl groups is 2. The molecule has 0 amide bonds. The summed E-state index contributed by atoms with van der Waals surface area (Å²) in [6.07, 6.45) is 2.87. The van der Waals surface area contributed by atoms with Crippen LogP contribution in [0.1, 0.15) is 31.2 Å². The van der Waals surface area contributed by atoms with E-state index in [4.69, 9.17) is 10.8 Å². The molecule has 0 aliphatic heterocycles. The van der Waals surface area contributed by atoms with Crippen molar-refractivity contribution in [2.75, 3.05) is 0 Å². The van der Waals surface area contributed by atoms with Gasteiger partial charge in [-0.1, -0.05) is 12.8 Å². The molecule has 88 valence electrons. The van der Waals surface area contributed by atoms with Gasteiger partial charge < -0.3 is 15.9 Å². The fourth-order valence-corrected chi connectivity index (χ4v) is 2.25. The summed E-state index contributed by atoms with van der Waals surface area (Å²) in [6.45, 7) is 0. The second-order valence-corrected chi connectivity index (χ2v) is 4.28. The molecular weight excluding hydrogens is 216 g/mol. The van der Waals surface area contributed by atoms with Crippen LogP contribution in [0.15, 0.2) is 6.07 Å². The minimum absolute atomic E-state index is 0.0396. The second kappa shape index (κ2) is 3.59. The average molecular weight is 229 g/mol. The molecule has 1 saturated carbocycles. The van der Waals surface area contributed by atoms with Crippen LogP contribution in [0.2, 0.25) is 0 Å². The lowest BCUT2D eigenvalue weighted by Gasteiger charge is -2.25. The molecule has 5 heteroatoms. The standard InChI is InChI=1S/C11H13F2NO2/c12-7-5-6(9(15)8(13)10(7)16)11(14)3-1-2-4-11/h5,15-16H,1-4,14H2. The van der Waals surface area contributed by atoms with Crippen molar-refractivity contribution >= 4 is 0 Å². The van der Waals surface area contributed by atoms with Crippen LogP contribution in [0.3, 0.4) is 0 Å². The Balaban J connectivity index is 2.57. The van der Waals surface area contributed by atoms with E-state index in [1.165, 1.54) is 0 Å². The quantitative estimate of drug-likeness (QED) is 0.690. The summed E-state index contributed by atoms with van der Waals surface area (Å²) in [6, 6.07) is 0.916. The molecule has 0 atom stereocenters. The Morgan fingerprint density at radius 1 is 1.12 bits per heavy atom. The van der Waals surface area contributed by atoms with Gasteiger partial charge in [-0.3, -0.25) is 0 Å². The Morgan fingerprint density at radius 3 is 2.25 bits per heavy atom. The van der Waals surface area contributed by atoms with Crippen LogP contribution in [-0.2, 0) is 5.54 Å². The van der Waals surface area contributed by atoms with Crippen LogP contribution in [0.5, 0.6) is 11.5 Å². The highest BCUT2D eigenvalue weighted by molar-refractivity contribution is 5.46. The molecule has 16 heavy (non-hydrogen) atoms. The van der Waals surface area contributed by atoms with E-state index in [1.807, 2.05) is 0 Å². The highest BCUT2D eigenvalue weighted by Crippen LogP contribution is 2.43. The minimum Gasteiger partial charge on any atom is -0.504 e. The lowest BCUT2D eigenvalue weighted by atomic mass is 9.88. The summed E-state index contributed by atoms with van der Waals surface area (Å²) in [5.74, 6) is -4.35. The van der Waals surface area contributed by atoms with Crippen molar-refractivity contribution in [3.05, 3.63) is 23.3 Å². The van der Waals surface area contributed by atoms with Crippen molar-refractivity contribution in [2.45, 2.75) is 31.2 Å². The van der Waals surface area contributed by atoms with E-state index in [0.29, 0.717) is 12.8 Å². The Morgan fingerprint density at radius 2 is 1.69 bits per heavy atom. The summed E-state index contributed by atoms with van der Waals surface area (Å²) in [7, 11) is 0. The lowest BCUT2D eigenvalue weighted by molar-refractivity contribution is 0.346. The fraction of sp³-hybridized carbons (Fsp3) is 0.455. The molecule has 1 aliphatic carbocycles. The van der Waals surface area contributed by atoms with E-state index in [-0.39, 0.29) is 5.56 Å². The van der Waals surface area contributed by atoms with Crippen molar-refractivity contribution in [1.29, 1.82) is 0 Å². The Labute approximate surface area is 91.5 Å². The van der Waals surface area contributed by atoms with Crippen molar-refractivity contribution < 1.29 is 19.0 Å². The van der Waals surface area contributed by atoms with Gasteiger partial charge in [0, 0.05) is 11.1 Å². The van der Waals surface area contributed by atoms with E-state index in [9.17, 15) is 13.9 Å². The Kier molecular flexibility index (Phi) is 2.50. The topological polar surface area (TPSA) is 66.5 Å². The molecule has 0 unspecified atom stereocenters. The number of benzene rings is 1. The summed E-state index contributed by atoms with van der Waals surface area (Å²) in [5.41, 5.74) is 5.14. The molecular formula is C11H13F2NO2. The van der Waals surface area contributed by atoms with Gasteiger partial charge in [0.25, 0.3) is 0 Å². The number of halogens is 2. The van der Waals surface area contributed by atoms with Gasteiger partial charge in [-0.25, -0.2) is 4.39 Å². The predicted octanol–water partition coefficient (Wildman–Crippen LogP) is 2.10. The number of hydrogen-bond donors (Lipinski definition) is 3. The van der Waals surface area contributed by atoms with Gasteiger partial charge in [0.1, 0.15) is 0 Å². The van der Waals surface area contributed by atoms with Crippen molar-refractivity contribution in [1.82, 2.24) is 0 Å². The van der Waals surface area contributed by atoms with Gasteiger partial charge in [-0.05, 0) is 18.9 Å². The molecule has 3 nitrogen and oxygen atoms in total. The van der Waals surface area contributed by atoms with E-state index in [1.54, 1.807) is 0 Å². The van der Waals surface area contributed by atoms with Crippen LogP contribution in [-0.4, -0.2) is 10.2 Å². The van der Waals surface area contributed by atoms with Gasteiger partial charge in [-0.15, -0.1) is 0 Å². The number of phenolic OH excluding ortho intramolecular Hbond substituents is 2. The highest BCUT2D eigenvalue weighted by atomic mass is 19.1. The van der Waals surface area contributed by atoms with E-state index >= 15 is 0 Å². The maximum Gasteiger partial charge on any atom is 0.209 e. The third kappa shape index (κ3) is 1.51. The molecule has 1 aromatic carbocycles. The molecule has 4 N–H and O–H groups in total. The van der Waals surface area contributed by atoms with Crippen molar-refractivity contribution in [3.63, 3.8) is 0 Å². The van der Waals surface area contributed by atoms with E-state index in [2.05, 4.69) is 0 Å². The third-order valence-corrected chi connectivity index (χ3v) is 3.20. The molecule has 1 fully saturated rings. The van der Waals surface area contributed by atoms with Gasteiger partial charge in [0.15, 0.2) is 17.3 Å². The summed E-state index contributed by atoms with van der Waals surface area (Å²) in [4.78, 5) is 0. The van der Waals surface area contributed by atoms with Crippen molar-refractivity contribution in [3.8, 4) is 11.5 Å². The van der Waals surface area contributed by atoms with Gasteiger partial charge in [0.2, 0.25) is 5.82 Å². The molecule has 0 spiro atoms. The first-order chi connectivity index (χ1) is 7.46. The zero-order valence-corrected chi connectivity index (χ0v) is 8.63. The van der Waals surface area contributed by atoms with Crippen LogP contribution in [0, 0.1) is 11.6 Å². The Bertz CT molecular complexity index is 428. The van der Waals surface area contributed by atoms with Gasteiger partial charge in [-0.2, -0.15) is 4.39 Å². The minimum atomic E-state index is -1.34. The van der Waals surface area contributed by atoms with E-state index < -0.39 is 28.7 Å². The van der Waals surface area contributed by atoms with Crippen LogP contribution in [0.25, 0.3) is 0 Å². The smallest absolute Gasteiger partial charge is 0.209 e. The molecule has 0 heterocycles. The summed E-state index contributed by atoms with van der Waals surface area (Å²) < 4.78 is 26.5. The number of phenols is 2. The average Bonchev–Trinajstić information content (AvgIpc) is 2.68. The zero-order valence-electron chi connectivity index (χ0n) is 8.63. The van der Waals surface area contributed by atoms with Crippen LogP contribution < -0.4 is 5.73 Å². The van der Waals surface area contributed by atoms with Crippen LogP contribution in [0.4, 0.5) is 8.78 Å². The maximum atomic E-state index is 13.3. The SMILES string of the molecule is NC1(c2cc(F)c(O)c(F)c2O)CCCC1. The Hall–Kier alpha value is -1.36. The summed E-state index contributed by atoms with van der Waals surface area (Å²) >= 11 is 0. The maximum absolute atomic E-state index is 13.3. The first-order valence-electron chi connectivity index (χ1n) is 5.15. The number of hydrogen-bond acceptors (Lipinski definition) is 3. The number of rotatable bonds is 1. The predicted molar refractivity (Wildman–Crippen MR) is 54.0 cm³/mol. The molecule has 0 saturated heterocycles. The lowest BCUT2D eigenvalue weighted by Crippen LogP contribution is -2.33. The van der Waals surface area contributed by atoms with Gasteiger partial charge >= 0.3 is 0 Å². The second-order valence-electron chi connectivity index (χ2n) is 4.28. The largest absolute Gasteiger partial charge is 0.504 e. The molecule has 0 radical (unpaired) electrons. The van der Waals surface area contributed by atoms with E-state index in [0.717, 1.165) is 18.9 Å². The molecule has 1 aliphatic rings. The van der Waals surface area contributed by atoms with Crippen molar-refractivity contribution in [2.24, 2.45) is 5.73 Å².